The third kappa shape index (κ3) is 7.04. The molecule has 2 N–H and O–H groups in total. The standard InChI is InChI=1S/C22H31N3O5S2/c1-16(2)14-25(15-17(3)4)32(29,30)22-12-8-20(9-13-22)24-31(27,28)21-10-6-19(7-11-21)23-18(5)26/h6-13,16-17,24H,14-15H2,1-5H3,(H,23,26). The van der Waals surface area contributed by atoms with E-state index in [-0.39, 0.29) is 33.2 Å². The van der Waals surface area contributed by atoms with Crippen molar-refractivity contribution in [1.29, 1.82) is 0 Å². The van der Waals surface area contributed by atoms with Crippen LogP contribution in [0.5, 0.6) is 0 Å². The Morgan fingerprint density at radius 1 is 0.781 bits per heavy atom. The monoisotopic (exact) mass is 481 g/mol. The normalized spacial score (nSPS) is 12.4. The van der Waals surface area contributed by atoms with E-state index in [1.165, 1.54) is 59.8 Å². The van der Waals surface area contributed by atoms with Gasteiger partial charge in [-0.1, -0.05) is 27.7 Å². The Kier molecular flexibility index (Phi) is 8.44. The average molecular weight is 482 g/mol. The number of hydrogen-bond acceptors (Lipinski definition) is 5. The smallest absolute Gasteiger partial charge is 0.261 e. The van der Waals surface area contributed by atoms with E-state index in [9.17, 15) is 21.6 Å². The lowest BCUT2D eigenvalue weighted by Crippen LogP contribution is -2.37. The number of anilines is 2. The Labute approximate surface area is 191 Å². The van der Waals surface area contributed by atoms with Gasteiger partial charge in [0.05, 0.1) is 9.79 Å². The van der Waals surface area contributed by atoms with Crippen LogP contribution in [0.2, 0.25) is 0 Å². The maximum Gasteiger partial charge on any atom is 0.261 e. The first-order valence-electron chi connectivity index (χ1n) is 10.3. The predicted octanol–water partition coefficient (Wildman–Crippen LogP) is 3.75. The van der Waals surface area contributed by atoms with Crippen LogP contribution in [0.4, 0.5) is 11.4 Å². The zero-order valence-electron chi connectivity index (χ0n) is 19.0. The quantitative estimate of drug-likeness (QED) is 0.537. The molecule has 32 heavy (non-hydrogen) atoms. The van der Waals surface area contributed by atoms with Crippen LogP contribution in [0.25, 0.3) is 0 Å². The Bertz CT molecular complexity index is 1120. The van der Waals surface area contributed by atoms with Gasteiger partial charge in [0, 0.05) is 31.4 Å². The molecule has 2 rings (SSSR count). The SMILES string of the molecule is CC(=O)Nc1ccc(S(=O)(=O)Nc2ccc(S(=O)(=O)N(CC(C)C)CC(C)C)cc2)cc1. The average Bonchev–Trinajstić information content (AvgIpc) is 2.67. The van der Waals surface area contributed by atoms with Crippen molar-refractivity contribution in [3.05, 3.63) is 48.5 Å². The van der Waals surface area contributed by atoms with Gasteiger partial charge in [-0.2, -0.15) is 4.31 Å². The first-order valence-corrected chi connectivity index (χ1v) is 13.2. The second-order valence-corrected chi connectivity index (χ2v) is 12.1. The predicted molar refractivity (Wildman–Crippen MR) is 126 cm³/mol. The molecule has 0 saturated heterocycles. The fourth-order valence-electron chi connectivity index (χ4n) is 3.06. The molecule has 10 heteroatoms. The molecule has 0 aliphatic carbocycles. The van der Waals surface area contributed by atoms with Crippen LogP contribution in [0.3, 0.4) is 0 Å². The number of carbonyl (C=O) groups is 1. The van der Waals surface area contributed by atoms with Crippen LogP contribution in [0.15, 0.2) is 58.3 Å². The Balaban J connectivity index is 2.21. The third-order valence-electron chi connectivity index (χ3n) is 4.37. The van der Waals surface area contributed by atoms with Crippen molar-refractivity contribution in [2.24, 2.45) is 11.8 Å². The maximum atomic E-state index is 13.1. The molecule has 0 atom stereocenters. The van der Waals surface area contributed by atoms with Gasteiger partial charge in [0.2, 0.25) is 15.9 Å². The highest BCUT2D eigenvalue weighted by Crippen LogP contribution is 2.23. The van der Waals surface area contributed by atoms with Crippen LogP contribution < -0.4 is 10.0 Å². The second kappa shape index (κ2) is 10.5. The van der Waals surface area contributed by atoms with Crippen LogP contribution in [0.1, 0.15) is 34.6 Å². The van der Waals surface area contributed by atoms with Gasteiger partial charge in [-0.25, -0.2) is 16.8 Å². The van der Waals surface area contributed by atoms with Crippen molar-refractivity contribution in [2.45, 2.75) is 44.4 Å². The zero-order chi connectivity index (χ0) is 24.1. The molecule has 176 valence electrons. The molecule has 1 amide bonds. The molecule has 2 aromatic rings. The Morgan fingerprint density at radius 2 is 1.22 bits per heavy atom. The van der Waals surface area contributed by atoms with E-state index < -0.39 is 20.0 Å². The van der Waals surface area contributed by atoms with E-state index >= 15 is 0 Å². The largest absolute Gasteiger partial charge is 0.326 e. The molecule has 0 fully saturated rings. The zero-order valence-corrected chi connectivity index (χ0v) is 20.6. The maximum absolute atomic E-state index is 13.1. The first kappa shape index (κ1) is 25.8. The van der Waals surface area contributed by atoms with Gasteiger partial charge in [0.25, 0.3) is 10.0 Å². The third-order valence-corrected chi connectivity index (χ3v) is 7.61. The summed E-state index contributed by atoms with van der Waals surface area (Å²) in [5, 5.41) is 2.57. The molecule has 8 nitrogen and oxygen atoms in total. The Morgan fingerprint density at radius 3 is 1.66 bits per heavy atom. The number of sulfonamides is 2. The molecular weight excluding hydrogens is 450 g/mol. The number of rotatable bonds is 10. The Hall–Kier alpha value is -2.43. The van der Waals surface area contributed by atoms with Gasteiger partial charge in [0.1, 0.15) is 0 Å². The highest BCUT2D eigenvalue weighted by atomic mass is 32.2. The van der Waals surface area contributed by atoms with Crippen molar-refractivity contribution < 1.29 is 21.6 Å². The van der Waals surface area contributed by atoms with E-state index in [4.69, 9.17) is 0 Å². The molecule has 0 unspecified atom stereocenters. The van der Waals surface area contributed by atoms with Gasteiger partial charge < -0.3 is 5.32 Å². The summed E-state index contributed by atoms with van der Waals surface area (Å²) in [6.45, 7) is 10.0. The van der Waals surface area contributed by atoms with Crippen LogP contribution in [-0.4, -0.2) is 40.1 Å². The minimum absolute atomic E-state index is 0.0170. The molecule has 0 bridgehead atoms. The lowest BCUT2D eigenvalue weighted by atomic mass is 10.2. The minimum atomic E-state index is -3.88. The second-order valence-electron chi connectivity index (χ2n) is 8.45. The summed E-state index contributed by atoms with van der Waals surface area (Å²) >= 11 is 0. The van der Waals surface area contributed by atoms with Crippen LogP contribution >= 0.6 is 0 Å². The number of nitrogens with zero attached hydrogens (tertiary/aromatic N) is 1. The fourth-order valence-corrected chi connectivity index (χ4v) is 5.89. The number of amides is 1. The van der Waals surface area contributed by atoms with Gasteiger partial charge in [-0.05, 0) is 60.4 Å². The minimum Gasteiger partial charge on any atom is -0.326 e. The summed E-state index contributed by atoms with van der Waals surface area (Å²) in [4.78, 5) is 11.2. The van der Waals surface area contributed by atoms with Crippen molar-refractivity contribution in [2.75, 3.05) is 23.1 Å². The van der Waals surface area contributed by atoms with Gasteiger partial charge >= 0.3 is 0 Å². The van der Waals surface area contributed by atoms with Crippen LogP contribution in [-0.2, 0) is 24.8 Å². The first-order chi connectivity index (χ1) is 14.8. The molecule has 2 aromatic carbocycles. The lowest BCUT2D eigenvalue weighted by Gasteiger charge is -2.25. The summed E-state index contributed by atoms with van der Waals surface area (Å²) < 4.78 is 55.4. The number of hydrogen-bond donors (Lipinski definition) is 2. The van der Waals surface area contributed by atoms with Crippen molar-refractivity contribution in [1.82, 2.24) is 4.31 Å². The number of nitrogens with one attached hydrogen (secondary N) is 2. The van der Waals surface area contributed by atoms with Gasteiger partial charge in [-0.3, -0.25) is 9.52 Å². The highest BCUT2D eigenvalue weighted by Gasteiger charge is 2.26. The lowest BCUT2D eigenvalue weighted by molar-refractivity contribution is -0.114. The number of benzene rings is 2. The van der Waals surface area contributed by atoms with E-state index in [2.05, 4.69) is 10.0 Å². The number of carbonyl (C=O) groups excluding carboxylic acids is 1. The summed E-state index contributed by atoms with van der Waals surface area (Å²) in [6.07, 6.45) is 0. The summed E-state index contributed by atoms with van der Waals surface area (Å²) in [6, 6.07) is 11.4. The fraction of sp³-hybridized carbons (Fsp3) is 0.409. The molecule has 0 heterocycles. The molecule has 0 aliphatic heterocycles. The summed E-state index contributed by atoms with van der Waals surface area (Å²) in [5.41, 5.74) is 0.729. The molecule has 0 saturated carbocycles. The molecular formula is C22H31N3O5S2. The highest BCUT2D eigenvalue weighted by molar-refractivity contribution is 7.92. The van der Waals surface area contributed by atoms with E-state index in [0.717, 1.165) is 0 Å². The van der Waals surface area contributed by atoms with Gasteiger partial charge in [-0.15, -0.1) is 0 Å². The topological polar surface area (TPSA) is 113 Å². The summed E-state index contributed by atoms with van der Waals surface area (Å²) in [7, 11) is -7.57. The van der Waals surface area contributed by atoms with Crippen molar-refractivity contribution in [3.8, 4) is 0 Å². The van der Waals surface area contributed by atoms with Gasteiger partial charge in [0.15, 0.2) is 0 Å². The van der Waals surface area contributed by atoms with E-state index in [1.807, 2.05) is 27.7 Å². The van der Waals surface area contributed by atoms with Crippen molar-refractivity contribution >= 4 is 37.3 Å². The molecule has 0 spiro atoms. The molecule has 0 aliphatic rings. The van der Waals surface area contributed by atoms with E-state index in [1.54, 1.807) is 0 Å². The van der Waals surface area contributed by atoms with E-state index in [0.29, 0.717) is 18.8 Å². The van der Waals surface area contributed by atoms with Crippen molar-refractivity contribution in [3.63, 3.8) is 0 Å². The molecule has 0 aromatic heterocycles. The molecule has 0 radical (unpaired) electrons. The van der Waals surface area contributed by atoms with Crippen LogP contribution in [0, 0.1) is 11.8 Å². The summed E-state index contributed by atoms with van der Waals surface area (Å²) in [5.74, 6) is 0.0902.